The van der Waals surface area contributed by atoms with Crippen molar-refractivity contribution in [3.8, 4) is 0 Å². The van der Waals surface area contributed by atoms with E-state index in [1.54, 1.807) is 0 Å². The van der Waals surface area contributed by atoms with Crippen LogP contribution in [0.4, 0.5) is 0 Å². The number of para-hydroxylation sites is 1. The summed E-state index contributed by atoms with van der Waals surface area (Å²) in [4.78, 5) is 11.7. The minimum Gasteiger partial charge on any atom is -0.350 e. The molecule has 3 aromatic rings. The van der Waals surface area contributed by atoms with Gasteiger partial charge in [0.2, 0.25) is 0 Å². The fraction of sp³-hybridized carbons (Fsp3) is 0.231. The van der Waals surface area contributed by atoms with Crippen molar-refractivity contribution in [2.45, 2.75) is 6.42 Å². The minimum absolute atomic E-state index is 0.195. The third kappa shape index (κ3) is 2.39. The number of aromatic nitrogens is 4. The Kier molecular flexibility index (Phi) is 3.42. The van der Waals surface area contributed by atoms with Gasteiger partial charge < -0.3 is 5.32 Å². The van der Waals surface area contributed by atoms with Crippen LogP contribution in [0.1, 0.15) is 16.2 Å². The van der Waals surface area contributed by atoms with E-state index in [9.17, 15) is 4.79 Å². The molecule has 0 atom stereocenters. The van der Waals surface area contributed by atoms with Crippen LogP contribution in [0, 0.1) is 0 Å². The summed E-state index contributed by atoms with van der Waals surface area (Å²) in [5.74, 6) is -0.195. The molecule has 6 nitrogen and oxygen atoms in total. The molecule has 0 fully saturated rings. The Balaban J connectivity index is 1.67. The number of rotatable bonds is 4. The number of nitrogens with zero attached hydrogens (tertiary/aromatic N) is 4. The van der Waals surface area contributed by atoms with E-state index in [1.165, 1.54) is 6.20 Å². The molecule has 7 heteroatoms. The standard InChI is InChI=1S/C13H13N5OS/c1-18-12-5-3-2-4-9(12)10(16-18)6-7-14-13(19)11-8-15-20-17-11/h2-5,8H,6-7H2,1H3,(H,14,19). The highest BCUT2D eigenvalue weighted by Gasteiger charge is 2.10. The van der Waals surface area contributed by atoms with Gasteiger partial charge >= 0.3 is 0 Å². The van der Waals surface area contributed by atoms with Crippen LogP contribution < -0.4 is 5.32 Å². The molecular formula is C13H13N5OS. The predicted octanol–water partition coefficient (Wildman–Crippen LogP) is 1.40. The zero-order valence-corrected chi connectivity index (χ0v) is 11.7. The van der Waals surface area contributed by atoms with E-state index in [0.29, 0.717) is 18.7 Å². The third-order valence-electron chi connectivity index (χ3n) is 3.08. The van der Waals surface area contributed by atoms with Gasteiger partial charge in [-0.2, -0.15) is 13.8 Å². The van der Waals surface area contributed by atoms with Crippen molar-refractivity contribution in [3.05, 3.63) is 41.9 Å². The molecule has 1 N–H and O–H groups in total. The van der Waals surface area contributed by atoms with Crippen LogP contribution in [0.25, 0.3) is 10.9 Å². The van der Waals surface area contributed by atoms with Crippen LogP contribution in [0.15, 0.2) is 30.5 Å². The zero-order chi connectivity index (χ0) is 13.9. The molecule has 2 aromatic heterocycles. The molecule has 0 aliphatic heterocycles. The molecule has 0 saturated heterocycles. The van der Waals surface area contributed by atoms with Crippen LogP contribution in [-0.2, 0) is 13.5 Å². The fourth-order valence-electron chi connectivity index (χ4n) is 2.12. The first-order valence-corrected chi connectivity index (χ1v) is 6.95. The van der Waals surface area contributed by atoms with Crippen molar-refractivity contribution in [2.75, 3.05) is 6.54 Å². The zero-order valence-electron chi connectivity index (χ0n) is 10.9. The van der Waals surface area contributed by atoms with Crippen molar-refractivity contribution >= 4 is 28.5 Å². The van der Waals surface area contributed by atoms with E-state index < -0.39 is 0 Å². The lowest BCUT2D eigenvalue weighted by Crippen LogP contribution is -2.26. The van der Waals surface area contributed by atoms with E-state index in [1.807, 2.05) is 36.0 Å². The molecule has 3 rings (SSSR count). The van der Waals surface area contributed by atoms with Gasteiger partial charge in [0.15, 0.2) is 5.69 Å². The molecule has 0 aliphatic carbocycles. The lowest BCUT2D eigenvalue weighted by molar-refractivity contribution is 0.0950. The first kappa shape index (κ1) is 12.7. The monoisotopic (exact) mass is 287 g/mol. The van der Waals surface area contributed by atoms with E-state index in [0.717, 1.165) is 28.3 Å². The van der Waals surface area contributed by atoms with Crippen LogP contribution in [0.2, 0.25) is 0 Å². The number of hydrogen-bond acceptors (Lipinski definition) is 5. The Morgan fingerprint density at radius 2 is 2.25 bits per heavy atom. The summed E-state index contributed by atoms with van der Waals surface area (Å²) in [6.45, 7) is 0.525. The second-order valence-electron chi connectivity index (χ2n) is 4.39. The number of aryl methyl sites for hydroxylation is 1. The number of benzene rings is 1. The van der Waals surface area contributed by atoms with Gasteiger partial charge in [0.1, 0.15) is 0 Å². The lowest BCUT2D eigenvalue weighted by Gasteiger charge is -2.01. The highest BCUT2D eigenvalue weighted by molar-refractivity contribution is 6.99. The maximum atomic E-state index is 11.7. The molecule has 0 aliphatic rings. The molecular weight excluding hydrogens is 274 g/mol. The second kappa shape index (κ2) is 5.38. The maximum absolute atomic E-state index is 11.7. The predicted molar refractivity (Wildman–Crippen MR) is 76.7 cm³/mol. The van der Waals surface area contributed by atoms with E-state index in [2.05, 4.69) is 19.2 Å². The number of fused-ring (bicyclic) bond motifs is 1. The third-order valence-corrected chi connectivity index (χ3v) is 3.55. The van der Waals surface area contributed by atoms with Gasteiger partial charge in [-0.25, -0.2) is 0 Å². The van der Waals surface area contributed by atoms with E-state index in [-0.39, 0.29) is 5.91 Å². The van der Waals surface area contributed by atoms with Gasteiger partial charge in [0.05, 0.1) is 29.1 Å². The second-order valence-corrected chi connectivity index (χ2v) is 4.94. The topological polar surface area (TPSA) is 72.7 Å². The summed E-state index contributed by atoms with van der Waals surface area (Å²) >= 11 is 1.03. The Morgan fingerprint density at radius 3 is 3.05 bits per heavy atom. The van der Waals surface area contributed by atoms with Gasteiger partial charge in [-0.05, 0) is 6.07 Å². The van der Waals surface area contributed by atoms with E-state index in [4.69, 9.17) is 0 Å². The van der Waals surface area contributed by atoms with Crippen LogP contribution in [-0.4, -0.2) is 31.0 Å². The van der Waals surface area contributed by atoms with Crippen LogP contribution in [0.5, 0.6) is 0 Å². The number of hydrogen-bond donors (Lipinski definition) is 1. The summed E-state index contributed by atoms with van der Waals surface area (Å²) in [6.07, 6.45) is 2.15. The number of amides is 1. The van der Waals surface area contributed by atoms with Gasteiger partial charge in [-0.1, -0.05) is 18.2 Å². The molecule has 0 saturated carbocycles. The Hall–Kier alpha value is -2.28. The molecule has 0 radical (unpaired) electrons. The molecule has 102 valence electrons. The highest BCUT2D eigenvalue weighted by atomic mass is 32.1. The molecule has 20 heavy (non-hydrogen) atoms. The van der Waals surface area contributed by atoms with Crippen molar-refractivity contribution in [2.24, 2.45) is 7.05 Å². The molecule has 1 aromatic carbocycles. The Bertz CT molecular complexity index is 734. The number of nitrogens with one attached hydrogen (secondary N) is 1. The average molecular weight is 287 g/mol. The van der Waals surface area contributed by atoms with Crippen molar-refractivity contribution < 1.29 is 4.79 Å². The van der Waals surface area contributed by atoms with Crippen molar-refractivity contribution in [1.29, 1.82) is 0 Å². The number of carbonyl (C=O) groups excluding carboxylic acids is 1. The van der Waals surface area contributed by atoms with Crippen molar-refractivity contribution in [3.63, 3.8) is 0 Å². The van der Waals surface area contributed by atoms with Crippen molar-refractivity contribution in [1.82, 2.24) is 23.8 Å². The van der Waals surface area contributed by atoms with Gasteiger partial charge in [0.25, 0.3) is 5.91 Å². The molecule has 0 spiro atoms. The average Bonchev–Trinajstić information content (AvgIpc) is 3.09. The van der Waals surface area contributed by atoms with Gasteiger partial charge in [-0.15, -0.1) is 0 Å². The molecule has 0 bridgehead atoms. The van der Waals surface area contributed by atoms with E-state index >= 15 is 0 Å². The fourth-order valence-corrected chi connectivity index (χ4v) is 2.54. The molecule has 0 unspecified atom stereocenters. The van der Waals surface area contributed by atoms with Crippen LogP contribution in [0.3, 0.4) is 0 Å². The highest BCUT2D eigenvalue weighted by Crippen LogP contribution is 2.17. The van der Waals surface area contributed by atoms with Gasteiger partial charge in [0, 0.05) is 25.4 Å². The first-order chi connectivity index (χ1) is 9.75. The summed E-state index contributed by atoms with van der Waals surface area (Å²) in [7, 11) is 1.92. The normalized spacial score (nSPS) is 10.8. The molecule has 2 heterocycles. The largest absolute Gasteiger partial charge is 0.350 e. The Labute approximate surface area is 119 Å². The van der Waals surface area contributed by atoms with Crippen LogP contribution >= 0.6 is 11.7 Å². The smallest absolute Gasteiger partial charge is 0.272 e. The van der Waals surface area contributed by atoms with Gasteiger partial charge in [-0.3, -0.25) is 9.48 Å². The number of carbonyl (C=O) groups is 1. The quantitative estimate of drug-likeness (QED) is 0.787. The lowest BCUT2D eigenvalue weighted by atomic mass is 10.1. The Morgan fingerprint density at radius 1 is 1.40 bits per heavy atom. The maximum Gasteiger partial charge on any atom is 0.272 e. The molecule has 1 amide bonds. The summed E-state index contributed by atoms with van der Waals surface area (Å²) in [6, 6.07) is 8.06. The first-order valence-electron chi connectivity index (χ1n) is 6.22. The summed E-state index contributed by atoms with van der Waals surface area (Å²) in [5, 5.41) is 8.44. The summed E-state index contributed by atoms with van der Waals surface area (Å²) < 4.78 is 9.56. The SMILES string of the molecule is Cn1nc(CCNC(=O)c2cnsn2)c2ccccc21. The minimum atomic E-state index is -0.195. The summed E-state index contributed by atoms with van der Waals surface area (Å²) in [5.41, 5.74) is 2.44.